The Balaban J connectivity index is 3.55. The molecule has 1 aromatic rings. The third-order valence-corrected chi connectivity index (χ3v) is 1.95. The van der Waals surface area contributed by atoms with Gasteiger partial charge in [0.15, 0.2) is 0 Å². The van der Waals surface area contributed by atoms with Crippen LogP contribution >= 0.6 is 0 Å². The van der Waals surface area contributed by atoms with Gasteiger partial charge in [-0.3, -0.25) is 14.9 Å². The topological polar surface area (TPSA) is 117 Å². The van der Waals surface area contributed by atoms with Crippen molar-refractivity contribution >= 4 is 11.7 Å². The van der Waals surface area contributed by atoms with Crippen LogP contribution in [-0.2, 0) is 11.2 Å². The molecule has 0 bridgehead atoms. The van der Waals surface area contributed by atoms with Crippen LogP contribution in [0.5, 0.6) is 0 Å². The number of rotatable bonds is 4. The van der Waals surface area contributed by atoms with E-state index in [1.54, 1.807) is 0 Å². The van der Waals surface area contributed by atoms with Crippen molar-refractivity contribution < 1.29 is 23.6 Å². The summed E-state index contributed by atoms with van der Waals surface area (Å²) in [5.41, 5.74) is -3.23. The quantitative estimate of drug-likeness (QED) is 0.643. The van der Waals surface area contributed by atoms with Crippen LogP contribution in [0.25, 0.3) is 0 Å². The molecule has 0 aliphatic carbocycles. The minimum absolute atomic E-state index is 0.493. The van der Waals surface area contributed by atoms with Crippen LogP contribution in [0.2, 0.25) is 0 Å². The minimum Gasteiger partial charge on any atom is -0.481 e. The van der Waals surface area contributed by atoms with E-state index in [9.17, 15) is 23.7 Å². The zero-order valence-electron chi connectivity index (χ0n) is 8.63. The maximum Gasteiger partial charge on any atom is 0.309 e. The lowest BCUT2D eigenvalue weighted by atomic mass is 10.1. The van der Waals surface area contributed by atoms with Gasteiger partial charge in [0.1, 0.15) is 23.0 Å². The van der Waals surface area contributed by atoms with Crippen molar-refractivity contribution in [3.05, 3.63) is 33.1 Å². The molecule has 0 atom stereocenters. The number of nitriles is 1. The number of halogens is 2. The molecule has 0 amide bonds. The fraction of sp³-hybridized carbons (Fsp3) is 0.222. The molecular formula is C9H5F2N3O4. The van der Waals surface area contributed by atoms with Crippen LogP contribution in [-0.4, -0.2) is 21.0 Å². The van der Waals surface area contributed by atoms with Crippen molar-refractivity contribution in [2.75, 3.05) is 0 Å². The average Bonchev–Trinajstić information content (AvgIpc) is 2.26. The van der Waals surface area contributed by atoms with Gasteiger partial charge in [0.2, 0.25) is 0 Å². The molecule has 1 aromatic heterocycles. The van der Waals surface area contributed by atoms with E-state index >= 15 is 0 Å². The molecule has 0 unspecified atom stereocenters. The number of carboxylic acid groups (broad SMARTS) is 1. The standard InChI is InChI=1S/C9H5F2N3O4/c10-9(11)5-1-4(3-12)13-6(2-7(15)16)8(5)14(17)18/h1,9H,2H2,(H,15,16). The predicted molar refractivity (Wildman–Crippen MR) is 51.9 cm³/mol. The molecule has 0 aromatic carbocycles. The van der Waals surface area contributed by atoms with E-state index in [1.165, 1.54) is 6.07 Å². The number of carbonyl (C=O) groups is 1. The summed E-state index contributed by atoms with van der Waals surface area (Å²) >= 11 is 0. The van der Waals surface area contributed by atoms with E-state index in [4.69, 9.17) is 10.4 Å². The molecule has 1 heterocycles. The van der Waals surface area contributed by atoms with Gasteiger partial charge >= 0.3 is 5.97 Å². The van der Waals surface area contributed by atoms with Gasteiger partial charge in [-0.1, -0.05) is 0 Å². The SMILES string of the molecule is N#Cc1cc(C(F)F)c([N+](=O)[O-])c(CC(=O)O)n1. The first-order valence-corrected chi connectivity index (χ1v) is 4.45. The van der Waals surface area contributed by atoms with Crippen molar-refractivity contribution in [2.24, 2.45) is 0 Å². The van der Waals surface area contributed by atoms with Gasteiger partial charge in [0.25, 0.3) is 12.1 Å². The number of pyridine rings is 1. The summed E-state index contributed by atoms with van der Waals surface area (Å²) in [6, 6.07) is 2.02. The smallest absolute Gasteiger partial charge is 0.309 e. The van der Waals surface area contributed by atoms with Crippen molar-refractivity contribution in [1.29, 1.82) is 5.26 Å². The number of aliphatic carboxylic acids is 1. The Bertz CT molecular complexity index is 553. The molecule has 0 spiro atoms. The maximum absolute atomic E-state index is 12.6. The molecule has 1 rings (SSSR count). The molecule has 18 heavy (non-hydrogen) atoms. The number of nitrogens with zero attached hydrogens (tertiary/aromatic N) is 3. The lowest BCUT2D eigenvalue weighted by molar-refractivity contribution is -0.387. The fourth-order valence-corrected chi connectivity index (χ4v) is 1.31. The number of aromatic nitrogens is 1. The molecule has 9 heteroatoms. The van der Waals surface area contributed by atoms with Crippen molar-refractivity contribution in [3.8, 4) is 6.07 Å². The molecule has 7 nitrogen and oxygen atoms in total. The summed E-state index contributed by atoms with van der Waals surface area (Å²) in [5, 5.41) is 27.8. The Labute approximate surface area is 98.4 Å². The second kappa shape index (κ2) is 5.13. The number of carboxylic acids is 1. The normalized spacial score (nSPS) is 10.1. The third kappa shape index (κ3) is 2.73. The molecule has 0 fully saturated rings. The van der Waals surface area contributed by atoms with Crippen LogP contribution in [0.4, 0.5) is 14.5 Å². The summed E-state index contributed by atoms with van der Waals surface area (Å²) in [5.74, 6) is -1.47. The Hall–Kier alpha value is -2.63. The van der Waals surface area contributed by atoms with E-state index in [1.807, 2.05) is 0 Å². The third-order valence-electron chi connectivity index (χ3n) is 1.95. The summed E-state index contributed by atoms with van der Waals surface area (Å²) in [6.45, 7) is 0. The summed E-state index contributed by atoms with van der Waals surface area (Å²) in [6.07, 6.45) is -4.11. The zero-order chi connectivity index (χ0) is 13.9. The second-order valence-electron chi connectivity index (χ2n) is 3.13. The highest BCUT2D eigenvalue weighted by molar-refractivity contribution is 5.71. The predicted octanol–water partition coefficient (Wildman–Crippen LogP) is 1.43. The van der Waals surface area contributed by atoms with Crippen LogP contribution < -0.4 is 0 Å². The molecule has 0 aliphatic heterocycles. The maximum atomic E-state index is 12.6. The number of nitro groups is 1. The Morgan fingerprint density at radius 3 is 2.67 bits per heavy atom. The molecule has 94 valence electrons. The van der Waals surface area contributed by atoms with E-state index in [0.717, 1.165) is 0 Å². The largest absolute Gasteiger partial charge is 0.481 e. The molecule has 1 N–H and O–H groups in total. The first-order valence-electron chi connectivity index (χ1n) is 4.45. The van der Waals surface area contributed by atoms with Gasteiger partial charge in [-0.05, 0) is 6.07 Å². The second-order valence-corrected chi connectivity index (χ2v) is 3.13. The molecule has 0 aliphatic rings. The van der Waals surface area contributed by atoms with Crippen molar-refractivity contribution in [3.63, 3.8) is 0 Å². The Morgan fingerprint density at radius 1 is 1.67 bits per heavy atom. The van der Waals surface area contributed by atoms with Gasteiger partial charge in [0.05, 0.1) is 11.3 Å². The highest BCUT2D eigenvalue weighted by Gasteiger charge is 2.29. The highest BCUT2D eigenvalue weighted by Crippen LogP contribution is 2.31. The molecular weight excluding hydrogens is 252 g/mol. The first-order chi connectivity index (χ1) is 8.36. The van der Waals surface area contributed by atoms with E-state index in [0.29, 0.717) is 6.07 Å². The van der Waals surface area contributed by atoms with Gasteiger partial charge in [-0.25, -0.2) is 13.8 Å². The minimum atomic E-state index is -3.20. The highest BCUT2D eigenvalue weighted by atomic mass is 19.3. The summed E-state index contributed by atoms with van der Waals surface area (Å²) in [4.78, 5) is 23.4. The van der Waals surface area contributed by atoms with Crippen LogP contribution in [0.15, 0.2) is 6.07 Å². The lowest BCUT2D eigenvalue weighted by Gasteiger charge is -2.06. The van der Waals surface area contributed by atoms with Gasteiger partial charge in [-0.2, -0.15) is 5.26 Å². The zero-order valence-corrected chi connectivity index (χ0v) is 8.63. The van der Waals surface area contributed by atoms with Crippen LogP contribution in [0, 0.1) is 21.4 Å². The average molecular weight is 257 g/mol. The van der Waals surface area contributed by atoms with Gasteiger partial charge in [0, 0.05) is 0 Å². The van der Waals surface area contributed by atoms with Gasteiger partial charge in [-0.15, -0.1) is 0 Å². The summed E-state index contributed by atoms with van der Waals surface area (Å²) in [7, 11) is 0. The van der Waals surface area contributed by atoms with E-state index in [2.05, 4.69) is 4.98 Å². The molecule has 0 radical (unpaired) electrons. The van der Waals surface area contributed by atoms with E-state index in [-0.39, 0.29) is 0 Å². The van der Waals surface area contributed by atoms with E-state index < -0.39 is 46.4 Å². The van der Waals surface area contributed by atoms with Crippen LogP contribution in [0.3, 0.4) is 0 Å². The summed E-state index contributed by atoms with van der Waals surface area (Å²) < 4.78 is 25.3. The van der Waals surface area contributed by atoms with Crippen LogP contribution in [0.1, 0.15) is 23.4 Å². The first kappa shape index (κ1) is 13.4. The number of hydrogen-bond donors (Lipinski definition) is 1. The Kier molecular flexibility index (Phi) is 3.83. The molecule has 0 saturated heterocycles. The van der Waals surface area contributed by atoms with Crippen molar-refractivity contribution in [2.45, 2.75) is 12.8 Å². The number of hydrogen-bond acceptors (Lipinski definition) is 5. The molecule has 0 saturated carbocycles. The monoisotopic (exact) mass is 257 g/mol. The fourth-order valence-electron chi connectivity index (χ4n) is 1.31. The Morgan fingerprint density at radius 2 is 2.28 bits per heavy atom. The van der Waals surface area contributed by atoms with Crippen molar-refractivity contribution in [1.82, 2.24) is 4.98 Å². The lowest BCUT2D eigenvalue weighted by Crippen LogP contribution is -2.10. The van der Waals surface area contributed by atoms with Gasteiger partial charge < -0.3 is 5.11 Å². The number of alkyl halides is 2.